The Balaban J connectivity index is 1.99. The van der Waals surface area contributed by atoms with Crippen molar-refractivity contribution in [1.29, 1.82) is 0 Å². The first-order chi connectivity index (χ1) is 9.60. The lowest BCUT2D eigenvalue weighted by atomic mass is 10.1. The molecule has 0 amide bonds. The van der Waals surface area contributed by atoms with Gasteiger partial charge in [-0.25, -0.2) is 0 Å². The van der Waals surface area contributed by atoms with E-state index >= 15 is 0 Å². The van der Waals surface area contributed by atoms with Crippen molar-refractivity contribution in [3.63, 3.8) is 0 Å². The molecule has 5 heteroatoms. The zero-order valence-corrected chi connectivity index (χ0v) is 13.3. The SMILES string of the molecule is COc1cc(NCC(O)c2ccc(Cl)cc2)ccc1Br. The molecule has 3 nitrogen and oxygen atoms in total. The van der Waals surface area contributed by atoms with Crippen molar-refractivity contribution >= 4 is 33.2 Å². The second-order valence-electron chi connectivity index (χ2n) is 4.30. The number of nitrogens with one attached hydrogen (secondary N) is 1. The molecule has 2 rings (SSSR count). The maximum atomic E-state index is 10.1. The van der Waals surface area contributed by atoms with E-state index in [-0.39, 0.29) is 0 Å². The van der Waals surface area contributed by atoms with Crippen LogP contribution >= 0.6 is 27.5 Å². The quantitative estimate of drug-likeness (QED) is 0.841. The van der Waals surface area contributed by atoms with E-state index in [0.717, 1.165) is 21.5 Å². The predicted octanol–water partition coefficient (Wildman–Crippen LogP) is 4.26. The summed E-state index contributed by atoms with van der Waals surface area (Å²) in [4.78, 5) is 0. The molecule has 0 aliphatic carbocycles. The summed E-state index contributed by atoms with van der Waals surface area (Å²) in [5, 5.41) is 13.9. The van der Waals surface area contributed by atoms with Crippen LogP contribution in [0.3, 0.4) is 0 Å². The van der Waals surface area contributed by atoms with Gasteiger partial charge < -0.3 is 15.2 Å². The molecule has 2 aromatic rings. The minimum Gasteiger partial charge on any atom is -0.495 e. The van der Waals surface area contributed by atoms with E-state index in [2.05, 4.69) is 21.2 Å². The highest BCUT2D eigenvalue weighted by atomic mass is 79.9. The molecule has 20 heavy (non-hydrogen) atoms. The van der Waals surface area contributed by atoms with Crippen LogP contribution in [0.4, 0.5) is 5.69 Å². The molecule has 2 N–H and O–H groups in total. The van der Waals surface area contributed by atoms with Crippen LogP contribution in [0.2, 0.25) is 5.02 Å². The van der Waals surface area contributed by atoms with Gasteiger partial charge in [0.1, 0.15) is 5.75 Å². The van der Waals surface area contributed by atoms with Crippen LogP contribution in [0.15, 0.2) is 46.9 Å². The Morgan fingerprint density at radius 3 is 2.60 bits per heavy atom. The Morgan fingerprint density at radius 1 is 1.25 bits per heavy atom. The summed E-state index contributed by atoms with van der Waals surface area (Å²) in [6, 6.07) is 12.9. The zero-order chi connectivity index (χ0) is 14.5. The lowest BCUT2D eigenvalue weighted by Crippen LogP contribution is -2.12. The third-order valence-electron chi connectivity index (χ3n) is 2.91. The summed E-state index contributed by atoms with van der Waals surface area (Å²) in [5.74, 6) is 0.746. The number of hydrogen-bond donors (Lipinski definition) is 2. The number of ether oxygens (including phenoxy) is 1. The molecule has 0 radical (unpaired) electrons. The van der Waals surface area contributed by atoms with Crippen LogP contribution in [0.5, 0.6) is 5.75 Å². The summed E-state index contributed by atoms with van der Waals surface area (Å²) in [7, 11) is 1.62. The van der Waals surface area contributed by atoms with Crippen molar-refractivity contribution in [2.75, 3.05) is 19.0 Å². The normalized spacial score (nSPS) is 12.0. The van der Waals surface area contributed by atoms with Crippen molar-refractivity contribution < 1.29 is 9.84 Å². The molecule has 0 fully saturated rings. The molecule has 106 valence electrons. The standard InChI is InChI=1S/C15H15BrClNO2/c1-20-15-8-12(6-7-13(15)16)18-9-14(19)10-2-4-11(17)5-3-10/h2-8,14,18-19H,9H2,1H3. The fraction of sp³-hybridized carbons (Fsp3) is 0.200. The summed E-state index contributed by atoms with van der Waals surface area (Å²) >= 11 is 9.22. The van der Waals surface area contributed by atoms with E-state index in [4.69, 9.17) is 16.3 Å². The van der Waals surface area contributed by atoms with Crippen LogP contribution < -0.4 is 10.1 Å². The average Bonchev–Trinajstić information content (AvgIpc) is 2.46. The number of methoxy groups -OCH3 is 1. The largest absolute Gasteiger partial charge is 0.495 e. The summed E-state index contributed by atoms with van der Waals surface area (Å²) in [6.45, 7) is 0.409. The molecule has 0 heterocycles. The highest BCUT2D eigenvalue weighted by Gasteiger charge is 2.08. The Bertz CT molecular complexity index is 575. The zero-order valence-electron chi connectivity index (χ0n) is 10.9. The predicted molar refractivity (Wildman–Crippen MR) is 85.6 cm³/mol. The first kappa shape index (κ1) is 15.2. The average molecular weight is 357 g/mol. The number of aliphatic hydroxyl groups is 1. The molecule has 1 atom stereocenters. The molecule has 0 aromatic heterocycles. The van der Waals surface area contributed by atoms with Gasteiger partial charge in [0.2, 0.25) is 0 Å². The molecule has 0 saturated heterocycles. The van der Waals surface area contributed by atoms with Gasteiger partial charge in [-0.15, -0.1) is 0 Å². The summed E-state index contributed by atoms with van der Waals surface area (Å²) < 4.78 is 6.12. The first-order valence-corrected chi connectivity index (χ1v) is 7.28. The Hall–Kier alpha value is -1.23. The third kappa shape index (κ3) is 3.88. The van der Waals surface area contributed by atoms with Crippen LogP contribution in [-0.4, -0.2) is 18.8 Å². The van der Waals surface area contributed by atoms with Crippen molar-refractivity contribution in [3.8, 4) is 5.75 Å². The fourth-order valence-corrected chi connectivity index (χ4v) is 2.32. The lowest BCUT2D eigenvalue weighted by Gasteiger charge is -2.14. The van der Waals surface area contributed by atoms with Gasteiger partial charge in [0.15, 0.2) is 0 Å². The van der Waals surface area contributed by atoms with Crippen molar-refractivity contribution in [2.24, 2.45) is 0 Å². The van der Waals surface area contributed by atoms with Gasteiger partial charge in [0.25, 0.3) is 0 Å². The van der Waals surface area contributed by atoms with E-state index in [1.807, 2.05) is 30.3 Å². The second kappa shape index (κ2) is 6.97. The van der Waals surface area contributed by atoms with Crippen LogP contribution in [0, 0.1) is 0 Å². The molecule has 0 aliphatic rings. The topological polar surface area (TPSA) is 41.5 Å². The van der Waals surface area contributed by atoms with Crippen molar-refractivity contribution in [1.82, 2.24) is 0 Å². The molecule has 0 spiro atoms. The minimum atomic E-state index is -0.595. The maximum Gasteiger partial charge on any atom is 0.135 e. The molecule has 2 aromatic carbocycles. The van der Waals surface area contributed by atoms with E-state index in [1.165, 1.54) is 0 Å². The van der Waals surface area contributed by atoms with Crippen LogP contribution in [0.1, 0.15) is 11.7 Å². The number of hydrogen-bond acceptors (Lipinski definition) is 3. The van der Waals surface area contributed by atoms with Crippen molar-refractivity contribution in [2.45, 2.75) is 6.10 Å². The molecule has 1 unspecified atom stereocenters. The second-order valence-corrected chi connectivity index (χ2v) is 5.59. The Labute approximate surface area is 131 Å². The van der Waals surface area contributed by atoms with Gasteiger partial charge in [0.05, 0.1) is 17.7 Å². The highest BCUT2D eigenvalue weighted by Crippen LogP contribution is 2.28. The number of anilines is 1. The molecule has 0 aliphatic heterocycles. The Kier molecular flexibility index (Phi) is 5.29. The lowest BCUT2D eigenvalue weighted by molar-refractivity contribution is 0.191. The van der Waals surface area contributed by atoms with E-state index in [0.29, 0.717) is 11.6 Å². The van der Waals surface area contributed by atoms with Gasteiger partial charge in [-0.3, -0.25) is 0 Å². The molecular formula is C15H15BrClNO2. The third-order valence-corrected chi connectivity index (χ3v) is 3.81. The molecular weight excluding hydrogens is 342 g/mol. The van der Waals surface area contributed by atoms with Crippen LogP contribution in [-0.2, 0) is 0 Å². The summed E-state index contributed by atoms with van der Waals surface area (Å²) in [6.07, 6.45) is -0.595. The van der Waals surface area contributed by atoms with Gasteiger partial charge in [-0.2, -0.15) is 0 Å². The smallest absolute Gasteiger partial charge is 0.135 e. The van der Waals surface area contributed by atoms with Crippen LogP contribution in [0.25, 0.3) is 0 Å². The van der Waals surface area contributed by atoms with Gasteiger partial charge in [0, 0.05) is 23.3 Å². The molecule has 0 saturated carbocycles. The van der Waals surface area contributed by atoms with Crippen molar-refractivity contribution in [3.05, 3.63) is 57.5 Å². The minimum absolute atomic E-state index is 0.409. The number of rotatable bonds is 5. The number of benzene rings is 2. The molecule has 0 bridgehead atoms. The van der Waals surface area contributed by atoms with E-state index in [1.54, 1.807) is 19.2 Å². The number of halogens is 2. The van der Waals surface area contributed by atoms with Gasteiger partial charge >= 0.3 is 0 Å². The fourth-order valence-electron chi connectivity index (χ4n) is 1.79. The highest BCUT2D eigenvalue weighted by molar-refractivity contribution is 9.10. The first-order valence-electron chi connectivity index (χ1n) is 6.11. The van der Waals surface area contributed by atoms with E-state index in [9.17, 15) is 5.11 Å². The Morgan fingerprint density at radius 2 is 1.95 bits per heavy atom. The van der Waals surface area contributed by atoms with E-state index < -0.39 is 6.10 Å². The number of aliphatic hydroxyl groups excluding tert-OH is 1. The maximum absolute atomic E-state index is 10.1. The van der Waals surface area contributed by atoms with Gasteiger partial charge in [-0.1, -0.05) is 23.7 Å². The monoisotopic (exact) mass is 355 g/mol. The summed E-state index contributed by atoms with van der Waals surface area (Å²) in [5.41, 5.74) is 1.71. The van der Waals surface area contributed by atoms with Gasteiger partial charge in [-0.05, 0) is 45.8 Å².